The van der Waals surface area contributed by atoms with Crippen molar-refractivity contribution in [2.45, 2.75) is 43.7 Å². The fourth-order valence-corrected chi connectivity index (χ4v) is 4.54. The molecule has 0 aliphatic carbocycles. The van der Waals surface area contributed by atoms with E-state index in [9.17, 15) is 8.42 Å². The highest BCUT2D eigenvalue weighted by atomic mass is 32.2. The van der Waals surface area contributed by atoms with Crippen LogP contribution < -0.4 is 5.73 Å². The van der Waals surface area contributed by atoms with Crippen molar-refractivity contribution in [3.8, 4) is 0 Å². The number of sulfonamides is 1. The standard InChI is InChI=1S/C13H20N2O2S/c1-10-6-4-5-7-11(10)18(16,17)15-9-8-12(14)13(15,2)3/h4-7,12H,8-9,14H2,1-3H3. The van der Waals surface area contributed by atoms with Crippen molar-refractivity contribution in [2.24, 2.45) is 5.73 Å². The number of hydrogen-bond acceptors (Lipinski definition) is 3. The second-order valence-corrected chi connectivity index (χ2v) is 7.22. The van der Waals surface area contributed by atoms with Crippen LogP contribution in [-0.4, -0.2) is 30.8 Å². The maximum Gasteiger partial charge on any atom is 0.243 e. The van der Waals surface area contributed by atoms with Crippen molar-refractivity contribution in [1.82, 2.24) is 4.31 Å². The van der Waals surface area contributed by atoms with Crippen molar-refractivity contribution < 1.29 is 8.42 Å². The summed E-state index contributed by atoms with van der Waals surface area (Å²) in [6.45, 7) is 6.09. The van der Waals surface area contributed by atoms with Gasteiger partial charge in [0.2, 0.25) is 10.0 Å². The van der Waals surface area contributed by atoms with E-state index >= 15 is 0 Å². The molecule has 1 aliphatic rings. The highest BCUT2D eigenvalue weighted by molar-refractivity contribution is 7.89. The van der Waals surface area contributed by atoms with Gasteiger partial charge in [0.25, 0.3) is 0 Å². The predicted octanol–water partition coefficient (Wildman–Crippen LogP) is 1.50. The number of hydrogen-bond donors (Lipinski definition) is 1. The molecule has 100 valence electrons. The van der Waals surface area contributed by atoms with E-state index in [4.69, 9.17) is 5.73 Å². The minimum atomic E-state index is -3.46. The zero-order valence-corrected chi connectivity index (χ0v) is 11.9. The summed E-state index contributed by atoms with van der Waals surface area (Å²) in [5.41, 5.74) is 6.25. The number of rotatable bonds is 2. The molecule has 0 radical (unpaired) electrons. The quantitative estimate of drug-likeness (QED) is 0.884. The third-order valence-corrected chi connectivity index (χ3v) is 6.10. The third kappa shape index (κ3) is 1.96. The first-order chi connectivity index (χ1) is 8.28. The molecule has 1 aromatic carbocycles. The van der Waals surface area contributed by atoms with E-state index < -0.39 is 15.6 Å². The molecule has 0 amide bonds. The van der Waals surface area contributed by atoms with Gasteiger partial charge in [-0.2, -0.15) is 4.31 Å². The molecule has 18 heavy (non-hydrogen) atoms. The minimum absolute atomic E-state index is 0.115. The molecule has 1 aromatic rings. The monoisotopic (exact) mass is 268 g/mol. The van der Waals surface area contributed by atoms with Crippen molar-refractivity contribution in [2.75, 3.05) is 6.54 Å². The van der Waals surface area contributed by atoms with E-state index in [1.54, 1.807) is 12.1 Å². The van der Waals surface area contributed by atoms with Crippen molar-refractivity contribution in [1.29, 1.82) is 0 Å². The lowest BCUT2D eigenvalue weighted by Crippen LogP contribution is -2.51. The highest BCUT2D eigenvalue weighted by Gasteiger charge is 2.46. The van der Waals surface area contributed by atoms with Crippen molar-refractivity contribution in [3.63, 3.8) is 0 Å². The molecule has 0 bridgehead atoms. The lowest BCUT2D eigenvalue weighted by molar-refractivity contribution is 0.270. The molecule has 5 heteroatoms. The highest BCUT2D eigenvalue weighted by Crippen LogP contribution is 2.34. The van der Waals surface area contributed by atoms with Crippen molar-refractivity contribution in [3.05, 3.63) is 29.8 Å². The van der Waals surface area contributed by atoms with Crippen LogP contribution in [0.4, 0.5) is 0 Å². The topological polar surface area (TPSA) is 63.4 Å². The molecule has 1 unspecified atom stereocenters. The van der Waals surface area contributed by atoms with Crippen molar-refractivity contribution >= 4 is 10.0 Å². The maximum atomic E-state index is 12.7. The van der Waals surface area contributed by atoms with Crippen LogP contribution in [0.25, 0.3) is 0 Å². The molecule has 1 fully saturated rings. The van der Waals surface area contributed by atoms with E-state index in [1.165, 1.54) is 4.31 Å². The second-order valence-electron chi connectivity index (χ2n) is 5.39. The zero-order chi connectivity index (χ0) is 13.6. The Morgan fingerprint density at radius 2 is 1.94 bits per heavy atom. The molecule has 4 nitrogen and oxygen atoms in total. The molecule has 0 saturated carbocycles. The van der Waals surface area contributed by atoms with Gasteiger partial charge in [-0.15, -0.1) is 0 Å². The molecule has 1 atom stereocenters. The van der Waals surface area contributed by atoms with E-state index in [2.05, 4.69) is 0 Å². The summed E-state index contributed by atoms with van der Waals surface area (Å²) in [6, 6.07) is 6.95. The first-order valence-corrected chi connectivity index (χ1v) is 7.56. The molecule has 1 heterocycles. The predicted molar refractivity (Wildman–Crippen MR) is 71.7 cm³/mol. The Morgan fingerprint density at radius 1 is 1.33 bits per heavy atom. The fourth-order valence-electron chi connectivity index (χ4n) is 2.48. The van der Waals surface area contributed by atoms with Crippen LogP contribution in [-0.2, 0) is 10.0 Å². The molecule has 2 rings (SSSR count). The van der Waals surface area contributed by atoms with Gasteiger partial charge in [-0.05, 0) is 38.8 Å². The number of aryl methyl sites for hydroxylation is 1. The summed E-state index contributed by atoms with van der Waals surface area (Å²) in [4.78, 5) is 0.382. The minimum Gasteiger partial charge on any atom is -0.326 e. The molecule has 2 N–H and O–H groups in total. The Morgan fingerprint density at radius 3 is 2.44 bits per heavy atom. The lowest BCUT2D eigenvalue weighted by atomic mass is 9.98. The molecular formula is C13H20N2O2S. The summed E-state index contributed by atoms with van der Waals surface area (Å²) in [7, 11) is -3.46. The third-order valence-electron chi connectivity index (χ3n) is 3.86. The van der Waals surface area contributed by atoms with Crippen LogP contribution in [0.3, 0.4) is 0 Å². The summed E-state index contributed by atoms with van der Waals surface area (Å²) in [5.74, 6) is 0. The van der Waals surface area contributed by atoms with Crippen LogP contribution in [0, 0.1) is 6.92 Å². The van der Waals surface area contributed by atoms with Gasteiger partial charge in [0.15, 0.2) is 0 Å². The van der Waals surface area contributed by atoms with E-state index in [-0.39, 0.29) is 6.04 Å². The number of nitrogens with zero attached hydrogens (tertiary/aromatic N) is 1. The van der Waals surface area contributed by atoms with Crippen LogP contribution in [0.2, 0.25) is 0 Å². The molecule has 0 spiro atoms. The molecular weight excluding hydrogens is 248 g/mol. The van der Waals surface area contributed by atoms with Gasteiger partial charge in [0.05, 0.1) is 4.90 Å². The maximum absolute atomic E-state index is 12.7. The normalized spacial score (nSPS) is 24.3. The van der Waals surface area contributed by atoms with Crippen LogP contribution >= 0.6 is 0 Å². The van der Waals surface area contributed by atoms with E-state index in [0.717, 1.165) is 5.56 Å². The zero-order valence-electron chi connectivity index (χ0n) is 11.1. The number of nitrogens with two attached hydrogens (primary N) is 1. The largest absolute Gasteiger partial charge is 0.326 e. The molecule has 1 aliphatic heterocycles. The summed E-state index contributed by atoms with van der Waals surface area (Å²) in [5, 5.41) is 0. The van der Waals surface area contributed by atoms with Gasteiger partial charge >= 0.3 is 0 Å². The SMILES string of the molecule is Cc1ccccc1S(=O)(=O)N1CCC(N)C1(C)C. The van der Waals surface area contributed by atoms with Gasteiger partial charge in [-0.1, -0.05) is 18.2 Å². The van der Waals surface area contributed by atoms with E-state index in [0.29, 0.717) is 17.9 Å². The average molecular weight is 268 g/mol. The van der Waals surface area contributed by atoms with Gasteiger partial charge < -0.3 is 5.73 Å². The Bertz CT molecular complexity index is 552. The van der Waals surface area contributed by atoms with Crippen LogP contribution in [0.5, 0.6) is 0 Å². The summed E-state index contributed by atoms with van der Waals surface area (Å²) >= 11 is 0. The fraction of sp³-hybridized carbons (Fsp3) is 0.538. The van der Waals surface area contributed by atoms with E-state index in [1.807, 2.05) is 32.9 Å². The molecule has 1 saturated heterocycles. The Labute approximate surface area is 109 Å². The first kappa shape index (κ1) is 13.5. The van der Waals surface area contributed by atoms with Gasteiger partial charge in [0.1, 0.15) is 0 Å². The summed E-state index contributed by atoms with van der Waals surface area (Å²) < 4.78 is 26.9. The van der Waals surface area contributed by atoms with Crippen LogP contribution in [0.1, 0.15) is 25.8 Å². The smallest absolute Gasteiger partial charge is 0.243 e. The van der Waals surface area contributed by atoms with Gasteiger partial charge in [0, 0.05) is 18.1 Å². The Hall–Kier alpha value is -0.910. The van der Waals surface area contributed by atoms with Gasteiger partial charge in [-0.3, -0.25) is 0 Å². The summed E-state index contributed by atoms with van der Waals surface area (Å²) in [6.07, 6.45) is 0.706. The Balaban J connectivity index is 2.48. The van der Waals surface area contributed by atoms with Crippen LogP contribution in [0.15, 0.2) is 29.2 Å². The van der Waals surface area contributed by atoms with Gasteiger partial charge in [-0.25, -0.2) is 8.42 Å². The average Bonchev–Trinajstić information content (AvgIpc) is 2.54. The Kier molecular flexibility index (Phi) is 3.25. The molecule has 0 aromatic heterocycles. The first-order valence-electron chi connectivity index (χ1n) is 6.12. The number of benzene rings is 1. The lowest BCUT2D eigenvalue weighted by Gasteiger charge is -2.33. The second kappa shape index (κ2) is 4.33.